The van der Waals surface area contributed by atoms with Crippen molar-refractivity contribution < 1.29 is 4.79 Å². The molecule has 1 aliphatic rings. The Morgan fingerprint density at radius 2 is 2.21 bits per heavy atom. The first kappa shape index (κ1) is 14.8. The molecule has 8 heteroatoms. The third-order valence-electron chi connectivity index (χ3n) is 4.48. The van der Waals surface area contributed by atoms with E-state index in [9.17, 15) is 4.79 Å². The number of likely N-dealkylation sites (tertiary alicyclic amines) is 1. The van der Waals surface area contributed by atoms with Crippen LogP contribution in [0.25, 0.3) is 5.78 Å². The van der Waals surface area contributed by atoms with Gasteiger partial charge in [-0.2, -0.15) is 10.1 Å². The lowest BCUT2D eigenvalue weighted by molar-refractivity contribution is 0.0693. The van der Waals surface area contributed by atoms with E-state index >= 15 is 0 Å². The fraction of sp³-hybridized carbons (Fsp3) is 0.438. The number of nitrogens with one attached hydrogen (secondary N) is 1. The van der Waals surface area contributed by atoms with Gasteiger partial charge in [-0.3, -0.25) is 9.89 Å². The van der Waals surface area contributed by atoms with Gasteiger partial charge in [0.05, 0.1) is 0 Å². The number of amides is 1. The summed E-state index contributed by atoms with van der Waals surface area (Å²) in [5.74, 6) is 0.825. The van der Waals surface area contributed by atoms with Crippen molar-refractivity contribution in [3.63, 3.8) is 0 Å². The minimum atomic E-state index is -0.137. The average molecular weight is 325 g/mol. The van der Waals surface area contributed by atoms with Crippen LogP contribution in [0, 0.1) is 13.8 Å². The van der Waals surface area contributed by atoms with Crippen LogP contribution in [0.2, 0.25) is 0 Å². The van der Waals surface area contributed by atoms with Crippen molar-refractivity contribution in [1.82, 2.24) is 34.7 Å². The van der Waals surface area contributed by atoms with Crippen LogP contribution >= 0.6 is 0 Å². The van der Waals surface area contributed by atoms with E-state index in [1.165, 1.54) is 0 Å². The molecule has 24 heavy (non-hydrogen) atoms. The highest BCUT2D eigenvalue weighted by Gasteiger charge is 2.28. The van der Waals surface area contributed by atoms with E-state index in [4.69, 9.17) is 0 Å². The lowest BCUT2D eigenvalue weighted by Crippen LogP contribution is -2.39. The van der Waals surface area contributed by atoms with E-state index in [0.717, 1.165) is 36.5 Å². The molecule has 1 atom stereocenters. The Bertz CT molecular complexity index is 883. The number of aryl methyl sites for hydroxylation is 2. The van der Waals surface area contributed by atoms with Crippen molar-refractivity contribution in [2.75, 3.05) is 13.1 Å². The van der Waals surface area contributed by atoms with Crippen LogP contribution in [0.1, 0.15) is 46.5 Å². The fourth-order valence-electron chi connectivity index (χ4n) is 3.31. The van der Waals surface area contributed by atoms with Gasteiger partial charge in [0.15, 0.2) is 0 Å². The summed E-state index contributed by atoms with van der Waals surface area (Å²) in [7, 11) is 0. The molecule has 0 spiro atoms. The number of H-pyrrole nitrogens is 1. The molecule has 1 N–H and O–H groups in total. The van der Waals surface area contributed by atoms with E-state index in [1.54, 1.807) is 10.7 Å². The van der Waals surface area contributed by atoms with Crippen LogP contribution in [0.15, 0.2) is 18.3 Å². The van der Waals surface area contributed by atoms with E-state index in [1.807, 2.05) is 30.9 Å². The molecule has 0 radical (unpaired) electrons. The van der Waals surface area contributed by atoms with Crippen LogP contribution in [-0.4, -0.2) is 53.7 Å². The molecule has 1 saturated heterocycles. The van der Waals surface area contributed by atoms with Gasteiger partial charge in [-0.1, -0.05) is 0 Å². The normalized spacial score (nSPS) is 18.2. The van der Waals surface area contributed by atoms with Gasteiger partial charge < -0.3 is 4.90 Å². The van der Waals surface area contributed by atoms with Gasteiger partial charge in [-0.05, 0) is 38.8 Å². The lowest BCUT2D eigenvalue weighted by Gasteiger charge is -2.31. The molecule has 4 rings (SSSR count). The minimum absolute atomic E-state index is 0.137. The number of hydrogen-bond donors (Lipinski definition) is 1. The Kier molecular flexibility index (Phi) is 3.51. The number of carbonyl (C=O) groups excluding carboxylic acids is 1. The largest absolute Gasteiger partial charge is 0.335 e. The predicted molar refractivity (Wildman–Crippen MR) is 86.7 cm³/mol. The molecule has 124 valence electrons. The molecular formula is C16H19N7O. The minimum Gasteiger partial charge on any atom is -0.335 e. The third-order valence-corrected chi connectivity index (χ3v) is 4.48. The maximum atomic E-state index is 12.8. The van der Waals surface area contributed by atoms with Gasteiger partial charge >= 0.3 is 0 Å². The lowest BCUT2D eigenvalue weighted by atomic mass is 9.95. The van der Waals surface area contributed by atoms with Gasteiger partial charge in [-0.15, -0.1) is 5.10 Å². The molecule has 0 aliphatic carbocycles. The molecule has 3 aromatic heterocycles. The standard InChI is InChI=1S/C16H19N7O/c1-10-8-11(2)23-16(18-10)19-14(21-23)15(24)22-7-3-4-12(9-22)13-5-6-17-20-13/h5-6,8,12H,3-4,7,9H2,1-2H3,(H,17,20). The number of aromatic amines is 1. The zero-order valence-corrected chi connectivity index (χ0v) is 13.7. The topological polar surface area (TPSA) is 92.1 Å². The molecule has 4 heterocycles. The van der Waals surface area contributed by atoms with Crippen molar-refractivity contribution in [3.8, 4) is 0 Å². The summed E-state index contributed by atoms with van der Waals surface area (Å²) in [6.07, 6.45) is 3.75. The van der Waals surface area contributed by atoms with Crippen LogP contribution < -0.4 is 0 Å². The summed E-state index contributed by atoms with van der Waals surface area (Å²) >= 11 is 0. The number of nitrogens with zero attached hydrogens (tertiary/aromatic N) is 6. The zero-order chi connectivity index (χ0) is 16.7. The fourth-order valence-corrected chi connectivity index (χ4v) is 3.31. The summed E-state index contributed by atoms with van der Waals surface area (Å²) in [6.45, 7) is 5.22. The van der Waals surface area contributed by atoms with Crippen LogP contribution in [0.5, 0.6) is 0 Å². The van der Waals surface area contributed by atoms with Gasteiger partial charge in [0, 0.05) is 42.3 Å². The van der Waals surface area contributed by atoms with Crippen molar-refractivity contribution >= 4 is 11.7 Å². The number of aromatic nitrogens is 6. The van der Waals surface area contributed by atoms with E-state index in [-0.39, 0.29) is 17.6 Å². The SMILES string of the molecule is Cc1cc(C)n2nc(C(=O)N3CCCC(c4ccn[nH]4)C3)nc2n1. The van der Waals surface area contributed by atoms with Gasteiger partial charge in [0.25, 0.3) is 11.7 Å². The maximum Gasteiger partial charge on any atom is 0.293 e. The van der Waals surface area contributed by atoms with Crippen LogP contribution in [-0.2, 0) is 0 Å². The smallest absolute Gasteiger partial charge is 0.293 e. The van der Waals surface area contributed by atoms with Gasteiger partial charge in [0.2, 0.25) is 5.82 Å². The predicted octanol–water partition coefficient (Wildman–Crippen LogP) is 1.48. The summed E-state index contributed by atoms with van der Waals surface area (Å²) in [4.78, 5) is 23.3. The molecule has 0 saturated carbocycles. The third kappa shape index (κ3) is 2.53. The van der Waals surface area contributed by atoms with Crippen molar-refractivity contribution in [1.29, 1.82) is 0 Å². The molecule has 1 fully saturated rings. The summed E-state index contributed by atoms with van der Waals surface area (Å²) in [5, 5.41) is 11.4. The Balaban J connectivity index is 1.60. The number of rotatable bonds is 2. The molecule has 0 bridgehead atoms. The number of fused-ring (bicyclic) bond motifs is 1. The molecule has 1 amide bonds. The van der Waals surface area contributed by atoms with Crippen molar-refractivity contribution in [2.24, 2.45) is 0 Å². The number of hydrogen-bond acceptors (Lipinski definition) is 5. The first-order chi connectivity index (χ1) is 11.6. The highest BCUT2D eigenvalue weighted by Crippen LogP contribution is 2.25. The Labute approximate surface area is 138 Å². The van der Waals surface area contributed by atoms with Gasteiger partial charge in [-0.25, -0.2) is 9.50 Å². The van der Waals surface area contributed by atoms with Gasteiger partial charge in [0.1, 0.15) is 0 Å². The monoisotopic (exact) mass is 325 g/mol. The molecule has 0 aromatic carbocycles. The Hall–Kier alpha value is -2.77. The molecule has 1 unspecified atom stereocenters. The highest BCUT2D eigenvalue weighted by atomic mass is 16.2. The number of piperidine rings is 1. The summed E-state index contributed by atoms with van der Waals surface area (Å²) in [5.41, 5.74) is 2.85. The quantitative estimate of drug-likeness (QED) is 0.770. The first-order valence-electron chi connectivity index (χ1n) is 8.11. The Morgan fingerprint density at radius 1 is 1.33 bits per heavy atom. The van der Waals surface area contributed by atoms with E-state index in [2.05, 4.69) is 25.3 Å². The van der Waals surface area contributed by atoms with Crippen LogP contribution in [0.3, 0.4) is 0 Å². The van der Waals surface area contributed by atoms with Crippen molar-refractivity contribution in [3.05, 3.63) is 41.2 Å². The molecular weight excluding hydrogens is 306 g/mol. The second-order valence-corrected chi connectivity index (χ2v) is 6.29. The molecule has 8 nitrogen and oxygen atoms in total. The first-order valence-corrected chi connectivity index (χ1v) is 8.11. The van der Waals surface area contributed by atoms with E-state index in [0.29, 0.717) is 12.3 Å². The highest BCUT2D eigenvalue weighted by molar-refractivity contribution is 5.91. The second-order valence-electron chi connectivity index (χ2n) is 6.29. The Morgan fingerprint density at radius 3 is 3.00 bits per heavy atom. The second kappa shape index (κ2) is 5.70. The molecule has 3 aromatic rings. The maximum absolute atomic E-state index is 12.8. The zero-order valence-electron chi connectivity index (χ0n) is 13.7. The number of carbonyl (C=O) groups is 1. The molecule has 1 aliphatic heterocycles. The van der Waals surface area contributed by atoms with E-state index < -0.39 is 0 Å². The average Bonchev–Trinajstić information content (AvgIpc) is 3.24. The summed E-state index contributed by atoms with van der Waals surface area (Å²) in [6, 6.07) is 3.89. The summed E-state index contributed by atoms with van der Waals surface area (Å²) < 4.78 is 1.62. The van der Waals surface area contributed by atoms with Crippen LogP contribution in [0.4, 0.5) is 0 Å². The van der Waals surface area contributed by atoms with Crippen molar-refractivity contribution in [2.45, 2.75) is 32.6 Å².